The van der Waals surface area contributed by atoms with Gasteiger partial charge < -0.3 is 26.0 Å². The number of ether oxygens (including phenoxy) is 1. The minimum atomic E-state index is -4.15. The van der Waals surface area contributed by atoms with Crippen LogP contribution in [0, 0.1) is 11.3 Å². The Morgan fingerprint density at radius 3 is 2.38 bits per heavy atom. The minimum Gasteiger partial charge on any atom is -0.397 e. The Bertz CT molecular complexity index is 779. The summed E-state index contributed by atoms with van der Waals surface area (Å²) < 4.78 is 43.9. The van der Waals surface area contributed by atoms with Crippen LogP contribution in [0.2, 0.25) is 0 Å². The lowest BCUT2D eigenvalue weighted by atomic mass is 9.77. The van der Waals surface area contributed by atoms with Gasteiger partial charge in [-0.25, -0.2) is 0 Å². The molecule has 4 N–H and O–H groups in total. The number of nitrogen functional groups attached to an aromatic ring is 1. The van der Waals surface area contributed by atoms with Crippen LogP contribution in [0.3, 0.4) is 0 Å². The summed E-state index contributed by atoms with van der Waals surface area (Å²) in [5.74, 6) is -1.55. The number of rotatable bonds is 4. The van der Waals surface area contributed by atoms with Crippen LogP contribution < -0.4 is 21.3 Å². The largest absolute Gasteiger partial charge is 0.397 e. The van der Waals surface area contributed by atoms with Crippen molar-refractivity contribution in [3.05, 3.63) is 17.7 Å². The monoisotopic (exact) mass is 412 g/mol. The number of benzene rings is 1. The van der Waals surface area contributed by atoms with Gasteiger partial charge in [0.05, 0.1) is 47.2 Å². The van der Waals surface area contributed by atoms with Gasteiger partial charge in [-0.15, -0.1) is 0 Å². The lowest BCUT2D eigenvalue weighted by Crippen LogP contribution is -2.66. The van der Waals surface area contributed by atoms with Crippen LogP contribution in [0.5, 0.6) is 0 Å². The number of nitrogens with zero attached hydrogens (tertiary/aromatic N) is 1. The molecule has 1 saturated carbocycles. The van der Waals surface area contributed by atoms with Crippen LogP contribution in [0.4, 0.5) is 30.2 Å². The second-order valence-corrected chi connectivity index (χ2v) is 8.62. The number of nitrogens with two attached hydrogens (primary N) is 1. The van der Waals surface area contributed by atoms with Crippen LogP contribution in [0.1, 0.15) is 36.0 Å². The molecular formula is C20H27F3N4O2. The fraction of sp³-hybridized carbons (Fsp3) is 0.650. The van der Waals surface area contributed by atoms with Crippen molar-refractivity contribution in [1.82, 2.24) is 5.32 Å². The lowest BCUT2D eigenvalue weighted by molar-refractivity contribution is -0.182. The van der Waals surface area contributed by atoms with Crippen molar-refractivity contribution in [2.24, 2.45) is 11.3 Å². The Hall–Kier alpha value is -2.16. The van der Waals surface area contributed by atoms with E-state index in [-0.39, 0.29) is 30.2 Å². The average Bonchev–Trinajstić information content (AvgIpc) is 2.59. The quantitative estimate of drug-likeness (QED) is 0.663. The number of carbonyl (C=O) groups is 1. The Balaban J connectivity index is 1.47. The van der Waals surface area contributed by atoms with Gasteiger partial charge in [-0.2, -0.15) is 13.2 Å². The lowest BCUT2D eigenvalue weighted by Gasteiger charge is -2.56. The molecule has 2 aliphatic heterocycles. The van der Waals surface area contributed by atoms with Gasteiger partial charge in [0.2, 0.25) is 0 Å². The molecule has 0 aromatic heterocycles. The fourth-order valence-electron chi connectivity index (χ4n) is 4.60. The maximum absolute atomic E-state index is 13.0. The zero-order valence-corrected chi connectivity index (χ0v) is 16.4. The molecule has 1 aromatic rings. The molecular weight excluding hydrogens is 385 g/mol. The molecule has 0 bridgehead atoms. The highest BCUT2D eigenvalue weighted by molar-refractivity contribution is 6.02. The molecule has 160 valence electrons. The first-order chi connectivity index (χ1) is 13.7. The van der Waals surface area contributed by atoms with E-state index in [4.69, 9.17) is 10.5 Å². The Morgan fingerprint density at radius 2 is 1.86 bits per heavy atom. The van der Waals surface area contributed by atoms with Crippen molar-refractivity contribution in [1.29, 1.82) is 0 Å². The number of hydrogen-bond acceptors (Lipinski definition) is 5. The second kappa shape index (κ2) is 7.27. The highest BCUT2D eigenvalue weighted by Crippen LogP contribution is 2.43. The number of carbonyl (C=O) groups excluding carboxylic acids is 1. The van der Waals surface area contributed by atoms with E-state index in [2.05, 4.69) is 15.5 Å². The second-order valence-electron chi connectivity index (χ2n) is 8.62. The molecule has 6 nitrogen and oxygen atoms in total. The number of amides is 1. The van der Waals surface area contributed by atoms with E-state index in [1.54, 1.807) is 13.1 Å². The van der Waals surface area contributed by atoms with Gasteiger partial charge in [0.15, 0.2) is 0 Å². The van der Waals surface area contributed by atoms with Crippen LogP contribution in [0.15, 0.2) is 12.1 Å². The van der Waals surface area contributed by atoms with Crippen molar-refractivity contribution in [2.45, 2.75) is 37.9 Å². The van der Waals surface area contributed by atoms with Crippen molar-refractivity contribution in [2.75, 3.05) is 49.3 Å². The highest BCUT2D eigenvalue weighted by Gasteiger charge is 2.49. The molecule has 1 amide bonds. The third kappa shape index (κ3) is 3.84. The van der Waals surface area contributed by atoms with Gasteiger partial charge in [0.25, 0.3) is 5.91 Å². The molecule has 9 heteroatoms. The molecule has 0 radical (unpaired) electrons. The molecule has 3 aliphatic rings. The first-order valence-electron chi connectivity index (χ1n) is 10.0. The Labute approximate surface area is 167 Å². The first-order valence-corrected chi connectivity index (χ1v) is 10.0. The molecule has 1 aromatic carbocycles. The molecule has 0 unspecified atom stereocenters. The van der Waals surface area contributed by atoms with Crippen molar-refractivity contribution in [3.8, 4) is 0 Å². The van der Waals surface area contributed by atoms with E-state index in [1.165, 1.54) is 0 Å². The van der Waals surface area contributed by atoms with E-state index < -0.39 is 12.1 Å². The average molecular weight is 412 g/mol. The smallest absolute Gasteiger partial charge is 0.391 e. The summed E-state index contributed by atoms with van der Waals surface area (Å²) in [7, 11) is 1.77. The number of alkyl halides is 3. The molecule has 2 saturated heterocycles. The summed E-state index contributed by atoms with van der Waals surface area (Å²) in [6.45, 7) is 3.11. The first kappa shape index (κ1) is 20.1. The summed E-state index contributed by atoms with van der Waals surface area (Å²) in [5.41, 5.74) is 8.73. The molecule has 0 atom stereocenters. The molecule has 4 rings (SSSR count). The van der Waals surface area contributed by atoms with Crippen LogP contribution in [-0.4, -0.2) is 51.5 Å². The third-order valence-electron chi connectivity index (χ3n) is 6.42. The van der Waals surface area contributed by atoms with E-state index in [1.807, 2.05) is 6.07 Å². The SMILES string of the molecule is CNc1cc(N2CC3(COC3)C2)c(C(=O)N[C@H]2CC[C@H](C(F)(F)F)CC2)cc1N. The minimum absolute atomic E-state index is 0.0524. The topological polar surface area (TPSA) is 79.6 Å². The van der Waals surface area contributed by atoms with E-state index in [0.717, 1.165) is 37.7 Å². The van der Waals surface area contributed by atoms with E-state index >= 15 is 0 Å². The zero-order valence-electron chi connectivity index (χ0n) is 16.4. The van der Waals surface area contributed by atoms with E-state index in [9.17, 15) is 18.0 Å². The van der Waals surface area contributed by atoms with Gasteiger partial charge >= 0.3 is 6.18 Å². The highest BCUT2D eigenvalue weighted by atomic mass is 19.4. The summed E-state index contributed by atoms with van der Waals surface area (Å²) in [5, 5.41) is 5.97. The van der Waals surface area contributed by atoms with Crippen molar-refractivity contribution >= 4 is 23.0 Å². The van der Waals surface area contributed by atoms with Crippen molar-refractivity contribution < 1.29 is 22.7 Å². The number of anilines is 3. The fourth-order valence-corrected chi connectivity index (χ4v) is 4.60. The van der Waals surface area contributed by atoms with Gasteiger partial charge in [-0.3, -0.25) is 4.79 Å². The Morgan fingerprint density at radius 1 is 1.21 bits per heavy atom. The maximum atomic E-state index is 13.0. The number of nitrogens with one attached hydrogen (secondary N) is 2. The summed E-state index contributed by atoms with van der Waals surface area (Å²) in [6.07, 6.45) is -3.38. The van der Waals surface area contributed by atoms with Gasteiger partial charge in [0, 0.05) is 26.2 Å². The van der Waals surface area contributed by atoms with E-state index in [0.29, 0.717) is 24.1 Å². The van der Waals surface area contributed by atoms with Crippen LogP contribution >= 0.6 is 0 Å². The molecule has 1 aliphatic carbocycles. The number of hydrogen-bond donors (Lipinski definition) is 3. The molecule has 29 heavy (non-hydrogen) atoms. The van der Waals surface area contributed by atoms with Crippen LogP contribution in [0.25, 0.3) is 0 Å². The van der Waals surface area contributed by atoms with Crippen LogP contribution in [-0.2, 0) is 4.74 Å². The van der Waals surface area contributed by atoms with Gasteiger partial charge in [-0.05, 0) is 37.8 Å². The predicted octanol–water partition coefficient (Wildman–Crippen LogP) is 3.00. The third-order valence-corrected chi connectivity index (χ3v) is 6.42. The summed E-state index contributed by atoms with van der Waals surface area (Å²) in [6, 6.07) is 3.28. The summed E-state index contributed by atoms with van der Waals surface area (Å²) in [4.78, 5) is 15.1. The molecule has 3 fully saturated rings. The van der Waals surface area contributed by atoms with Gasteiger partial charge in [-0.1, -0.05) is 0 Å². The molecule has 2 heterocycles. The zero-order chi connectivity index (χ0) is 20.8. The van der Waals surface area contributed by atoms with Crippen molar-refractivity contribution in [3.63, 3.8) is 0 Å². The normalized spacial score (nSPS) is 25.9. The maximum Gasteiger partial charge on any atom is 0.391 e. The standard InChI is InChI=1S/C20H27F3N4O2/c1-25-16-7-17(27-8-19(9-27)10-29-11-19)14(6-15(16)24)18(28)26-13-4-2-12(3-5-13)20(21,22)23/h6-7,12-13,25H,2-5,8-11,24H2,1H3,(H,26,28)/t12-,13-. The Kier molecular flexibility index (Phi) is 5.04. The molecule has 1 spiro atoms. The van der Waals surface area contributed by atoms with Gasteiger partial charge in [0.1, 0.15) is 0 Å². The summed E-state index contributed by atoms with van der Waals surface area (Å²) >= 11 is 0. The number of halogens is 3. The predicted molar refractivity (Wildman–Crippen MR) is 105 cm³/mol.